The van der Waals surface area contributed by atoms with Crippen LogP contribution in [0.4, 0.5) is 19.0 Å². The standard InChI is InChI=1S/C14H16F3N3O/c15-14(16,17)12-6-5-9(7-18)13(20-12)19-11-4-2-1-3-10(11)8-21/h5-6,10-11,21H,1-4,8H2,(H,19,20). The van der Waals surface area contributed by atoms with Crippen LogP contribution in [0.25, 0.3) is 0 Å². The maximum atomic E-state index is 12.7. The first kappa shape index (κ1) is 15.6. The highest BCUT2D eigenvalue weighted by Crippen LogP contribution is 2.31. The van der Waals surface area contributed by atoms with Crippen LogP contribution in [0.3, 0.4) is 0 Å². The highest BCUT2D eigenvalue weighted by molar-refractivity contribution is 5.53. The molecule has 0 saturated heterocycles. The first-order valence-corrected chi connectivity index (χ1v) is 6.81. The van der Waals surface area contributed by atoms with Gasteiger partial charge < -0.3 is 10.4 Å². The molecule has 0 amide bonds. The molecule has 0 aliphatic heterocycles. The van der Waals surface area contributed by atoms with E-state index in [-0.39, 0.29) is 29.9 Å². The third-order valence-corrected chi connectivity index (χ3v) is 3.77. The fraction of sp³-hybridized carbons (Fsp3) is 0.571. The fourth-order valence-electron chi connectivity index (χ4n) is 2.61. The monoisotopic (exact) mass is 299 g/mol. The van der Waals surface area contributed by atoms with Crippen LogP contribution >= 0.6 is 0 Å². The van der Waals surface area contributed by atoms with Gasteiger partial charge in [0.05, 0.1) is 5.56 Å². The Morgan fingerprint density at radius 3 is 2.67 bits per heavy atom. The summed E-state index contributed by atoms with van der Waals surface area (Å²) in [6.07, 6.45) is -1.06. The van der Waals surface area contributed by atoms with E-state index < -0.39 is 11.9 Å². The molecule has 1 saturated carbocycles. The van der Waals surface area contributed by atoms with E-state index in [1.807, 2.05) is 6.07 Å². The molecule has 0 aromatic carbocycles. The van der Waals surface area contributed by atoms with Crippen molar-refractivity contribution in [2.24, 2.45) is 5.92 Å². The number of aliphatic hydroxyl groups excluding tert-OH is 1. The molecule has 7 heteroatoms. The molecule has 2 unspecified atom stereocenters. The number of aliphatic hydroxyl groups is 1. The fourth-order valence-corrected chi connectivity index (χ4v) is 2.61. The van der Waals surface area contributed by atoms with Gasteiger partial charge in [0.25, 0.3) is 0 Å². The number of anilines is 1. The van der Waals surface area contributed by atoms with Crippen LogP contribution in [0.1, 0.15) is 36.9 Å². The summed E-state index contributed by atoms with van der Waals surface area (Å²) in [5.41, 5.74) is -0.953. The Labute approximate surface area is 120 Å². The van der Waals surface area contributed by atoms with Crippen LogP contribution in [-0.2, 0) is 6.18 Å². The molecule has 114 valence electrons. The Bertz CT molecular complexity index is 539. The van der Waals surface area contributed by atoms with Gasteiger partial charge in [-0.3, -0.25) is 0 Å². The van der Waals surface area contributed by atoms with Gasteiger partial charge in [-0.1, -0.05) is 12.8 Å². The molecule has 1 aromatic heterocycles. The second-order valence-electron chi connectivity index (χ2n) is 5.18. The van der Waals surface area contributed by atoms with Crippen molar-refractivity contribution in [2.75, 3.05) is 11.9 Å². The van der Waals surface area contributed by atoms with Crippen molar-refractivity contribution in [1.82, 2.24) is 4.98 Å². The zero-order chi connectivity index (χ0) is 15.5. The van der Waals surface area contributed by atoms with Gasteiger partial charge in [0.1, 0.15) is 17.6 Å². The van der Waals surface area contributed by atoms with E-state index in [4.69, 9.17) is 5.26 Å². The molecule has 0 spiro atoms. The second kappa shape index (κ2) is 6.31. The van der Waals surface area contributed by atoms with E-state index in [1.54, 1.807) is 0 Å². The molecule has 1 aliphatic carbocycles. The maximum absolute atomic E-state index is 12.7. The average molecular weight is 299 g/mol. The van der Waals surface area contributed by atoms with Gasteiger partial charge in [-0.2, -0.15) is 18.4 Å². The number of rotatable bonds is 3. The summed E-state index contributed by atoms with van der Waals surface area (Å²) in [4.78, 5) is 3.54. The lowest BCUT2D eigenvalue weighted by Crippen LogP contribution is -2.35. The third-order valence-electron chi connectivity index (χ3n) is 3.77. The van der Waals surface area contributed by atoms with Crippen LogP contribution in [-0.4, -0.2) is 22.7 Å². The summed E-state index contributed by atoms with van der Waals surface area (Å²) in [6.45, 7) is -0.0293. The van der Waals surface area contributed by atoms with Crippen molar-refractivity contribution >= 4 is 5.82 Å². The van der Waals surface area contributed by atoms with Crippen molar-refractivity contribution < 1.29 is 18.3 Å². The number of alkyl halides is 3. The molecule has 0 bridgehead atoms. The quantitative estimate of drug-likeness (QED) is 0.900. The summed E-state index contributed by atoms with van der Waals surface area (Å²) < 4.78 is 38.1. The zero-order valence-electron chi connectivity index (χ0n) is 11.3. The molecule has 4 nitrogen and oxygen atoms in total. The van der Waals surface area contributed by atoms with Crippen LogP contribution in [0.2, 0.25) is 0 Å². The first-order chi connectivity index (χ1) is 9.95. The van der Waals surface area contributed by atoms with E-state index in [9.17, 15) is 18.3 Å². The van der Waals surface area contributed by atoms with Crippen molar-refractivity contribution in [2.45, 2.75) is 37.9 Å². The zero-order valence-corrected chi connectivity index (χ0v) is 11.3. The van der Waals surface area contributed by atoms with E-state index in [1.165, 1.54) is 0 Å². The maximum Gasteiger partial charge on any atom is 0.433 e. The number of nitriles is 1. The van der Waals surface area contributed by atoms with Crippen LogP contribution in [0.15, 0.2) is 12.1 Å². The number of pyridine rings is 1. The van der Waals surface area contributed by atoms with Crippen molar-refractivity contribution in [3.8, 4) is 6.07 Å². The normalized spacial score (nSPS) is 22.6. The number of hydrogen-bond acceptors (Lipinski definition) is 4. The minimum absolute atomic E-state index is 0.0263. The lowest BCUT2D eigenvalue weighted by Gasteiger charge is -2.31. The Balaban J connectivity index is 2.27. The van der Waals surface area contributed by atoms with Gasteiger partial charge in [0.2, 0.25) is 0 Å². The topological polar surface area (TPSA) is 68.9 Å². The summed E-state index contributed by atoms with van der Waals surface area (Å²) in [6, 6.07) is 3.60. The van der Waals surface area contributed by atoms with Crippen LogP contribution < -0.4 is 5.32 Å². The van der Waals surface area contributed by atoms with E-state index >= 15 is 0 Å². The SMILES string of the molecule is N#Cc1ccc(C(F)(F)F)nc1NC1CCCCC1CO. The van der Waals surface area contributed by atoms with Crippen molar-refractivity contribution in [3.63, 3.8) is 0 Å². The second-order valence-corrected chi connectivity index (χ2v) is 5.18. The van der Waals surface area contributed by atoms with E-state index in [2.05, 4.69) is 10.3 Å². The van der Waals surface area contributed by atoms with Crippen molar-refractivity contribution in [3.05, 3.63) is 23.4 Å². The minimum atomic E-state index is -4.55. The van der Waals surface area contributed by atoms with Gasteiger partial charge in [0.15, 0.2) is 0 Å². The first-order valence-electron chi connectivity index (χ1n) is 6.81. The predicted molar refractivity (Wildman–Crippen MR) is 70.4 cm³/mol. The summed E-state index contributed by atoms with van der Waals surface area (Å²) >= 11 is 0. The molecule has 1 aliphatic rings. The van der Waals surface area contributed by atoms with E-state index in [0.29, 0.717) is 0 Å². The molecule has 0 radical (unpaired) electrons. The molecule has 2 rings (SSSR count). The molecule has 2 N–H and O–H groups in total. The van der Waals surface area contributed by atoms with E-state index in [0.717, 1.165) is 37.8 Å². The van der Waals surface area contributed by atoms with Gasteiger partial charge in [-0.25, -0.2) is 4.98 Å². The highest BCUT2D eigenvalue weighted by atomic mass is 19.4. The number of halogens is 3. The van der Waals surface area contributed by atoms with Crippen LogP contribution in [0.5, 0.6) is 0 Å². The Morgan fingerprint density at radius 1 is 1.33 bits per heavy atom. The number of aromatic nitrogens is 1. The number of nitrogens with one attached hydrogen (secondary N) is 1. The Morgan fingerprint density at radius 2 is 2.05 bits per heavy atom. The third kappa shape index (κ3) is 3.64. The molecule has 21 heavy (non-hydrogen) atoms. The van der Waals surface area contributed by atoms with Crippen molar-refractivity contribution in [1.29, 1.82) is 5.26 Å². The predicted octanol–water partition coefficient (Wildman–Crippen LogP) is 2.94. The van der Waals surface area contributed by atoms with Crippen LogP contribution in [0, 0.1) is 17.2 Å². The van der Waals surface area contributed by atoms with Gasteiger partial charge >= 0.3 is 6.18 Å². The van der Waals surface area contributed by atoms with Gasteiger partial charge in [0, 0.05) is 18.6 Å². The highest BCUT2D eigenvalue weighted by Gasteiger charge is 2.33. The summed E-state index contributed by atoms with van der Waals surface area (Å²) in [5, 5.41) is 21.3. The smallest absolute Gasteiger partial charge is 0.396 e. The molecular formula is C14H16F3N3O. The number of hydrogen-bond donors (Lipinski definition) is 2. The Hall–Kier alpha value is -1.81. The average Bonchev–Trinajstić information content (AvgIpc) is 2.47. The molecule has 1 heterocycles. The number of nitrogens with zero attached hydrogens (tertiary/aromatic N) is 2. The lowest BCUT2D eigenvalue weighted by atomic mass is 9.85. The summed E-state index contributed by atoms with van der Waals surface area (Å²) in [7, 11) is 0. The molecule has 2 atom stereocenters. The molecular weight excluding hydrogens is 283 g/mol. The Kier molecular flexibility index (Phi) is 4.68. The summed E-state index contributed by atoms with van der Waals surface area (Å²) in [5.74, 6) is -0.0840. The van der Waals surface area contributed by atoms with Gasteiger partial charge in [-0.15, -0.1) is 0 Å². The van der Waals surface area contributed by atoms with Gasteiger partial charge in [-0.05, 0) is 25.0 Å². The molecule has 1 fully saturated rings. The lowest BCUT2D eigenvalue weighted by molar-refractivity contribution is -0.141. The largest absolute Gasteiger partial charge is 0.433 e. The molecule has 1 aromatic rings. The minimum Gasteiger partial charge on any atom is -0.396 e.